The summed E-state index contributed by atoms with van der Waals surface area (Å²) in [7, 11) is 0. The van der Waals surface area contributed by atoms with Crippen molar-refractivity contribution in [3.8, 4) is 22.9 Å². The lowest BCUT2D eigenvalue weighted by Gasteiger charge is -2.54. The molecule has 2 aliphatic heterocycles. The van der Waals surface area contributed by atoms with E-state index in [-0.39, 0.29) is 17.4 Å². The average molecular weight is 519 g/mol. The fourth-order valence-electron chi connectivity index (χ4n) is 6.16. The number of pyridine rings is 1. The first-order valence-corrected chi connectivity index (χ1v) is 13.2. The van der Waals surface area contributed by atoms with Gasteiger partial charge in [0.15, 0.2) is 0 Å². The SMILES string of the molecule is C=CC(=O)N1CC2(CCN(c3cc(OCc4ccccn4)cc(-c4c(C)ccc5[nH]ncc45)c3C#N)C2)C1C. The number of carbonyl (C=O) groups is 1. The van der Waals surface area contributed by atoms with E-state index in [0.717, 1.165) is 58.5 Å². The summed E-state index contributed by atoms with van der Waals surface area (Å²) in [4.78, 5) is 20.8. The van der Waals surface area contributed by atoms with Crippen LogP contribution in [-0.2, 0) is 11.4 Å². The van der Waals surface area contributed by atoms with Gasteiger partial charge in [-0.1, -0.05) is 18.7 Å². The van der Waals surface area contributed by atoms with Gasteiger partial charge in [0, 0.05) is 54.3 Å². The molecule has 0 saturated carbocycles. The number of benzene rings is 2. The van der Waals surface area contributed by atoms with Crippen LogP contribution in [0.5, 0.6) is 5.75 Å². The highest BCUT2D eigenvalue weighted by Crippen LogP contribution is 2.48. The highest BCUT2D eigenvalue weighted by Gasteiger charge is 2.55. The summed E-state index contributed by atoms with van der Waals surface area (Å²) >= 11 is 0. The zero-order valence-electron chi connectivity index (χ0n) is 22.1. The Morgan fingerprint density at radius 1 is 1.31 bits per heavy atom. The summed E-state index contributed by atoms with van der Waals surface area (Å²) in [5.41, 5.74) is 6.04. The van der Waals surface area contributed by atoms with Crippen molar-refractivity contribution in [2.24, 2.45) is 5.41 Å². The Kier molecular flexibility index (Phi) is 6.07. The number of rotatable bonds is 6. The number of nitriles is 1. The van der Waals surface area contributed by atoms with Crippen LogP contribution < -0.4 is 9.64 Å². The minimum absolute atomic E-state index is 0.00311. The number of carbonyl (C=O) groups excluding carboxylic acids is 1. The third-order valence-corrected chi connectivity index (χ3v) is 8.44. The summed E-state index contributed by atoms with van der Waals surface area (Å²) in [6.07, 6.45) is 5.90. The first-order chi connectivity index (χ1) is 18.9. The number of ether oxygens (including phenoxy) is 1. The van der Waals surface area contributed by atoms with Gasteiger partial charge in [-0.05, 0) is 61.7 Å². The third-order valence-electron chi connectivity index (χ3n) is 8.44. The first-order valence-electron chi connectivity index (χ1n) is 13.2. The molecular formula is C31H30N6O2. The molecule has 0 aliphatic carbocycles. The van der Waals surface area contributed by atoms with E-state index >= 15 is 0 Å². The van der Waals surface area contributed by atoms with Gasteiger partial charge in [0.25, 0.3) is 0 Å². The van der Waals surface area contributed by atoms with Crippen LogP contribution >= 0.6 is 0 Å². The Bertz CT molecular complexity index is 1620. The molecule has 2 aromatic carbocycles. The van der Waals surface area contributed by atoms with Crippen LogP contribution in [0.4, 0.5) is 5.69 Å². The standard InChI is InChI=1S/C31H30N6O2/c1-4-29(38)37-19-31(21(37)3)10-12-36(18-31)28-14-23(39-17-22-7-5-6-11-33-22)13-24(25(28)15-32)30-20(2)8-9-27-26(30)16-34-35-27/h4-9,11,13-14,16,21H,1,10,12,17-19H2,2-3H3,(H,34,35). The van der Waals surface area contributed by atoms with Crippen LogP contribution in [0.2, 0.25) is 0 Å². The van der Waals surface area contributed by atoms with Crippen LogP contribution in [0, 0.1) is 23.7 Å². The molecule has 4 heterocycles. The molecule has 2 atom stereocenters. The molecule has 2 saturated heterocycles. The van der Waals surface area contributed by atoms with Crippen molar-refractivity contribution in [3.63, 3.8) is 0 Å². The van der Waals surface area contributed by atoms with Crippen molar-refractivity contribution in [1.82, 2.24) is 20.1 Å². The molecule has 1 N–H and O–H groups in total. The molecule has 39 heavy (non-hydrogen) atoms. The van der Waals surface area contributed by atoms with E-state index in [1.54, 1.807) is 6.20 Å². The largest absolute Gasteiger partial charge is 0.487 e. The van der Waals surface area contributed by atoms with E-state index in [1.807, 2.05) is 53.6 Å². The first kappa shape index (κ1) is 24.7. The number of aryl methyl sites for hydroxylation is 1. The molecule has 2 unspecified atom stereocenters. The Morgan fingerprint density at radius 2 is 2.18 bits per heavy atom. The van der Waals surface area contributed by atoms with Crippen molar-refractivity contribution < 1.29 is 9.53 Å². The van der Waals surface area contributed by atoms with Gasteiger partial charge in [0.1, 0.15) is 18.4 Å². The summed E-state index contributed by atoms with van der Waals surface area (Å²) in [6, 6.07) is 16.4. The number of nitrogens with one attached hydrogen (secondary N) is 1. The van der Waals surface area contributed by atoms with Crippen molar-refractivity contribution in [1.29, 1.82) is 5.26 Å². The normalized spacial score (nSPS) is 20.2. The number of H-pyrrole nitrogens is 1. The number of nitrogens with zero attached hydrogens (tertiary/aromatic N) is 5. The molecule has 2 aromatic heterocycles. The lowest BCUT2D eigenvalue weighted by atomic mass is 9.71. The van der Waals surface area contributed by atoms with Gasteiger partial charge in [-0.2, -0.15) is 10.4 Å². The molecule has 4 aromatic rings. The molecule has 6 rings (SSSR count). The Labute approximate surface area is 227 Å². The number of aromatic nitrogens is 3. The van der Waals surface area contributed by atoms with Crippen LogP contribution in [0.1, 0.15) is 30.2 Å². The molecule has 2 fully saturated rings. The smallest absolute Gasteiger partial charge is 0.246 e. The summed E-state index contributed by atoms with van der Waals surface area (Å²) in [6.45, 7) is 10.4. The Balaban J connectivity index is 1.42. The number of hydrogen-bond acceptors (Lipinski definition) is 6. The molecule has 8 heteroatoms. The van der Waals surface area contributed by atoms with E-state index < -0.39 is 0 Å². The lowest BCUT2D eigenvalue weighted by Crippen LogP contribution is -2.65. The van der Waals surface area contributed by atoms with Gasteiger partial charge in [-0.3, -0.25) is 14.9 Å². The van der Waals surface area contributed by atoms with Gasteiger partial charge < -0.3 is 14.5 Å². The number of anilines is 1. The molecule has 1 amide bonds. The quantitative estimate of drug-likeness (QED) is 0.361. The van der Waals surface area contributed by atoms with Crippen molar-refractivity contribution in [3.05, 3.63) is 84.3 Å². The predicted molar refractivity (Wildman–Crippen MR) is 150 cm³/mol. The summed E-state index contributed by atoms with van der Waals surface area (Å²) in [5, 5.41) is 18.8. The number of likely N-dealkylation sites (tertiary alicyclic amines) is 1. The van der Waals surface area contributed by atoms with Gasteiger partial charge in [0.2, 0.25) is 5.91 Å². The second kappa shape index (κ2) is 9.59. The number of hydrogen-bond donors (Lipinski definition) is 1. The van der Waals surface area contributed by atoms with Crippen LogP contribution in [0.25, 0.3) is 22.0 Å². The topological polar surface area (TPSA) is 98.1 Å². The fraction of sp³-hybridized carbons (Fsp3) is 0.290. The lowest BCUT2D eigenvalue weighted by molar-refractivity contribution is -0.145. The second-order valence-corrected chi connectivity index (χ2v) is 10.6. The van der Waals surface area contributed by atoms with E-state index in [1.165, 1.54) is 6.08 Å². The minimum atomic E-state index is -0.0276. The van der Waals surface area contributed by atoms with Gasteiger partial charge in [-0.25, -0.2) is 0 Å². The van der Waals surface area contributed by atoms with Gasteiger partial charge in [-0.15, -0.1) is 0 Å². The van der Waals surface area contributed by atoms with Gasteiger partial charge in [0.05, 0.1) is 28.7 Å². The van der Waals surface area contributed by atoms with Gasteiger partial charge >= 0.3 is 0 Å². The maximum atomic E-state index is 12.3. The molecular weight excluding hydrogens is 488 g/mol. The molecule has 8 nitrogen and oxygen atoms in total. The maximum Gasteiger partial charge on any atom is 0.246 e. The van der Waals surface area contributed by atoms with E-state index in [4.69, 9.17) is 4.74 Å². The van der Waals surface area contributed by atoms with E-state index in [2.05, 4.69) is 46.6 Å². The van der Waals surface area contributed by atoms with E-state index in [0.29, 0.717) is 24.5 Å². The number of amides is 1. The molecule has 2 aliphatic rings. The van der Waals surface area contributed by atoms with Crippen LogP contribution in [0.3, 0.4) is 0 Å². The zero-order chi connectivity index (χ0) is 27.1. The predicted octanol–water partition coefficient (Wildman–Crippen LogP) is 5.00. The number of aromatic amines is 1. The molecule has 0 radical (unpaired) electrons. The highest BCUT2D eigenvalue weighted by molar-refractivity contribution is 5.99. The Hall–Kier alpha value is -4.64. The molecule has 1 spiro atoms. The Morgan fingerprint density at radius 3 is 2.92 bits per heavy atom. The fourth-order valence-corrected chi connectivity index (χ4v) is 6.16. The van der Waals surface area contributed by atoms with Crippen LogP contribution in [0.15, 0.2) is 67.5 Å². The molecule has 196 valence electrons. The maximum absolute atomic E-state index is 12.3. The van der Waals surface area contributed by atoms with Crippen molar-refractivity contribution in [2.75, 3.05) is 24.5 Å². The minimum Gasteiger partial charge on any atom is -0.487 e. The highest BCUT2D eigenvalue weighted by atomic mass is 16.5. The monoisotopic (exact) mass is 518 g/mol. The number of fused-ring (bicyclic) bond motifs is 1. The zero-order valence-corrected chi connectivity index (χ0v) is 22.1. The summed E-state index contributed by atoms with van der Waals surface area (Å²) in [5.74, 6) is 0.649. The average Bonchev–Trinajstić information content (AvgIpc) is 3.63. The molecule has 0 bridgehead atoms. The third kappa shape index (κ3) is 4.11. The summed E-state index contributed by atoms with van der Waals surface area (Å²) < 4.78 is 6.28. The van der Waals surface area contributed by atoms with Crippen molar-refractivity contribution >= 4 is 22.5 Å². The van der Waals surface area contributed by atoms with E-state index in [9.17, 15) is 10.1 Å². The van der Waals surface area contributed by atoms with Crippen molar-refractivity contribution in [2.45, 2.75) is 32.9 Å². The second-order valence-electron chi connectivity index (χ2n) is 10.6. The van der Waals surface area contributed by atoms with Crippen LogP contribution in [-0.4, -0.2) is 51.7 Å².